The molecule has 1 N–H and O–H groups in total. The van der Waals surface area contributed by atoms with Gasteiger partial charge >= 0.3 is 0 Å². The molecule has 2 aromatic rings. The fourth-order valence-corrected chi connectivity index (χ4v) is 4.79. The van der Waals surface area contributed by atoms with Crippen molar-refractivity contribution in [2.24, 2.45) is 0 Å². The number of aryl methyl sites for hydroxylation is 2. The fourth-order valence-electron chi connectivity index (χ4n) is 3.60. The van der Waals surface area contributed by atoms with Gasteiger partial charge in [-0.1, -0.05) is 31.2 Å². The van der Waals surface area contributed by atoms with E-state index in [2.05, 4.69) is 10.2 Å². The van der Waals surface area contributed by atoms with Crippen molar-refractivity contribution >= 4 is 27.3 Å². The van der Waals surface area contributed by atoms with Crippen LogP contribution >= 0.6 is 0 Å². The van der Waals surface area contributed by atoms with Crippen molar-refractivity contribution in [1.29, 1.82) is 0 Å². The van der Waals surface area contributed by atoms with Crippen molar-refractivity contribution in [3.05, 3.63) is 59.7 Å². The van der Waals surface area contributed by atoms with Gasteiger partial charge in [0.05, 0.1) is 11.9 Å². The fraction of sp³-hybridized carbons (Fsp3) is 0.435. The maximum atomic E-state index is 12.9. The molecule has 0 spiro atoms. The SMILES string of the molecule is CCC(C(=O)NCCCN(C)c1ccccc1)N(c1cc(C)cc(C)c1)S(C)(=O)=O. The van der Waals surface area contributed by atoms with Gasteiger partial charge in [0.1, 0.15) is 6.04 Å². The van der Waals surface area contributed by atoms with Gasteiger partial charge in [-0.15, -0.1) is 0 Å². The first-order valence-corrected chi connectivity index (χ1v) is 12.1. The normalized spacial score (nSPS) is 12.3. The number of nitrogens with zero attached hydrogens (tertiary/aromatic N) is 2. The topological polar surface area (TPSA) is 69.7 Å². The van der Waals surface area contributed by atoms with Gasteiger partial charge in [0.15, 0.2) is 0 Å². The zero-order valence-corrected chi connectivity index (χ0v) is 19.4. The first kappa shape index (κ1) is 23.7. The summed E-state index contributed by atoms with van der Waals surface area (Å²) >= 11 is 0. The lowest BCUT2D eigenvalue weighted by atomic mass is 10.1. The van der Waals surface area contributed by atoms with Gasteiger partial charge in [-0.25, -0.2) is 8.42 Å². The van der Waals surface area contributed by atoms with Crippen LogP contribution in [0, 0.1) is 13.8 Å². The van der Waals surface area contributed by atoms with Crippen molar-refractivity contribution < 1.29 is 13.2 Å². The quantitative estimate of drug-likeness (QED) is 0.585. The summed E-state index contributed by atoms with van der Waals surface area (Å²) in [6.45, 7) is 6.93. The zero-order valence-electron chi connectivity index (χ0n) is 18.6. The highest BCUT2D eigenvalue weighted by molar-refractivity contribution is 7.92. The highest BCUT2D eigenvalue weighted by Gasteiger charge is 2.31. The van der Waals surface area contributed by atoms with E-state index in [-0.39, 0.29) is 5.91 Å². The second kappa shape index (κ2) is 10.5. The lowest BCUT2D eigenvalue weighted by molar-refractivity contribution is -0.122. The van der Waals surface area contributed by atoms with E-state index in [1.807, 2.05) is 64.2 Å². The molecular weight excluding hydrogens is 398 g/mol. The summed E-state index contributed by atoms with van der Waals surface area (Å²) in [6, 6.07) is 14.8. The minimum Gasteiger partial charge on any atom is -0.375 e. The number of amides is 1. The molecule has 6 nitrogen and oxygen atoms in total. The third-order valence-electron chi connectivity index (χ3n) is 4.96. The third-order valence-corrected chi connectivity index (χ3v) is 6.14. The second-order valence-electron chi connectivity index (χ2n) is 7.73. The highest BCUT2D eigenvalue weighted by Crippen LogP contribution is 2.25. The number of rotatable bonds is 10. The molecule has 30 heavy (non-hydrogen) atoms. The summed E-state index contributed by atoms with van der Waals surface area (Å²) in [5.74, 6) is -0.274. The maximum absolute atomic E-state index is 12.9. The molecule has 0 aromatic heterocycles. The van der Waals surface area contributed by atoms with Gasteiger partial charge in [0, 0.05) is 25.8 Å². The Morgan fingerprint density at radius 1 is 1.03 bits per heavy atom. The van der Waals surface area contributed by atoms with E-state index in [1.165, 1.54) is 4.31 Å². The number of carbonyl (C=O) groups excluding carboxylic acids is 1. The van der Waals surface area contributed by atoms with E-state index >= 15 is 0 Å². The van der Waals surface area contributed by atoms with Crippen LogP contribution in [0.2, 0.25) is 0 Å². The number of benzene rings is 2. The van der Waals surface area contributed by atoms with Gasteiger partial charge in [0.2, 0.25) is 15.9 Å². The predicted molar refractivity (Wildman–Crippen MR) is 125 cm³/mol. The lowest BCUT2D eigenvalue weighted by Gasteiger charge is -2.30. The molecule has 0 heterocycles. The number of hydrogen-bond donors (Lipinski definition) is 1. The first-order valence-electron chi connectivity index (χ1n) is 10.2. The smallest absolute Gasteiger partial charge is 0.243 e. The van der Waals surface area contributed by atoms with Crippen molar-refractivity contribution in [1.82, 2.24) is 5.32 Å². The van der Waals surface area contributed by atoms with Crippen molar-refractivity contribution in [2.75, 3.05) is 35.6 Å². The summed E-state index contributed by atoms with van der Waals surface area (Å²) < 4.78 is 26.4. The average Bonchev–Trinajstić information content (AvgIpc) is 2.67. The molecule has 1 unspecified atom stereocenters. The second-order valence-corrected chi connectivity index (χ2v) is 9.59. The van der Waals surface area contributed by atoms with E-state index in [1.54, 1.807) is 12.1 Å². The van der Waals surface area contributed by atoms with Gasteiger partial charge in [0.25, 0.3) is 0 Å². The van der Waals surface area contributed by atoms with Crippen LogP contribution in [0.4, 0.5) is 11.4 Å². The summed E-state index contributed by atoms with van der Waals surface area (Å²) in [5, 5.41) is 2.92. The van der Waals surface area contributed by atoms with Crippen LogP contribution in [0.5, 0.6) is 0 Å². The maximum Gasteiger partial charge on any atom is 0.243 e. The summed E-state index contributed by atoms with van der Waals surface area (Å²) in [5.41, 5.74) is 3.56. The van der Waals surface area contributed by atoms with Gasteiger partial charge in [-0.05, 0) is 62.1 Å². The van der Waals surface area contributed by atoms with Gasteiger partial charge in [-0.3, -0.25) is 9.10 Å². The van der Waals surface area contributed by atoms with Crippen LogP contribution in [0.15, 0.2) is 48.5 Å². The average molecular weight is 432 g/mol. The zero-order chi connectivity index (χ0) is 22.3. The van der Waals surface area contributed by atoms with Gasteiger partial charge < -0.3 is 10.2 Å². The van der Waals surface area contributed by atoms with Crippen LogP contribution in [0.3, 0.4) is 0 Å². The summed E-state index contributed by atoms with van der Waals surface area (Å²) in [6.07, 6.45) is 2.29. The number of hydrogen-bond acceptors (Lipinski definition) is 4. The molecule has 164 valence electrons. The predicted octanol–water partition coefficient (Wildman–Crippen LogP) is 3.49. The summed E-state index contributed by atoms with van der Waals surface area (Å²) in [4.78, 5) is 15.0. The molecule has 0 saturated carbocycles. The molecule has 1 amide bonds. The monoisotopic (exact) mass is 431 g/mol. The van der Waals surface area contributed by atoms with E-state index in [9.17, 15) is 13.2 Å². The van der Waals surface area contributed by atoms with Crippen molar-refractivity contribution in [2.45, 2.75) is 39.7 Å². The Hall–Kier alpha value is -2.54. The van der Waals surface area contributed by atoms with E-state index in [4.69, 9.17) is 0 Å². The first-order chi connectivity index (χ1) is 14.1. The Balaban J connectivity index is 2.05. The van der Waals surface area contributed by atoms with Crippen molar-refractivity contribution in [3.8, 4) is 0 Å². The van der Waals surface area contributed by atoms with Crippen LogP contribution in [0.1, 0.15) is 30.9 Å². The van der Waals surface area contributed by atoms with Crippen LogP contribution in [-0.4, -0.2) is 46.8 Å². The van der Waals surface area contributed by atoms with E-state index in [0.717, 1.165) is 36.0 Å². The molecular formula is C23H33N3O3S. The third kappa shape index (κ3) is 6.49. The van der Waals surface area contributed by atoms with Crippen LogP contribution in [0.25, 0.3) is 0 Å². The molecule has 0 saturated heterocycles. The minimum absolute atomic E-state index is 0.274. The minimum atomic E-state index is -3.62. The number of sulfonamides is 1. The number of para-hydroxylation sites is 1. The summed E-state index contributed by atoms with van der Waals surface area (Å²) in [7, 11) is -1.61. The Morgan fingerprint density at radius 2 is 1.63 bits per heavy atom. The van der Waals surface area contributed by atoms with Crippen LogP contribution in [-0.2, 0) is 14.8 Å². The van der Waals surface area contributed by atoms with Gasteiger partial charge in [-0.2, -0.15) is 0 Å². The van der Waals surface area contributed by atoms with Crippen molar-refractivity contribution in [3.63, 3.8) is 0 Å². The molecule has 0 aliphatic heterocycles. The highest BCUT2D eigenvalue weighted by atomic mass is 32.2. The number of carbonyl (C=O) groups is 1. The number of anilines is 2. The number of nitrogens with one attached hydrogen (secondary N) is 1. The standard InChI is InChI=1S/C23H33N3O3S/c1-6-22(26(30(5,28)29)21-16-18(2)15-19(3)17-21)23(27)24-13-10-14-25(4)20-11-8-7-9-12-20/h7-9,11-12,15-17,22H,6,10,13-14H2,1-5H3,(H,24,27). The lowest BCUT2D eigenvalue weighted by Crippen LogP contribution is -2.49. The molecule has 2 rings (SSSR count). The molecule has 1 atom stereocenters. The Labute approximate surface area is 180 Å². The molecule has 0 aliphatic rings. The largest absolute Gasteiger partial charge is 0.375 e. The van der Waals surface area contributed by atoms with E-state index in [0.29, 0.717) is 18.7 Å². The molecule has 0 aliphatic carbocycles. The molecule has 2 aromatic carbocycles. The molecule has 7 heteroatoms. The van der Waals surface area contributed by atoms with Crippen LogP contribution < -0.4 is 14.5 Å². The molecule has 0 radical (unpaired) electrons. The molecule has 0 fully saturated rings. The Morgan fingerprint density at radius 3 is 2.17 bits per heavy atom. The Kier molecular flexibility index (Phi) is 8.29. The van der Waals surface area contributed by atoms with E-state index < -0.39 is 16.1 Å². The molecule has 0 bridgehead atoms. The Bertz CT molecular complexity index is 925.